The van der Waals surface area contributed by atoms with E-state index in [1.165, 1.54) is 97.7 Å². The molecule has 0 radical (unpaired) electrons. The number of anilines is 3. The topological polar surface area (TPSA) is 3.24 Å². The Hall–Kier alpha value is -7.52. The fraction of sp³-hybridized carbons (Fsp3) is 0.0169. The summed E-state index contributed by atoms with van der Waals surface area (Å²) in [5.74, 6) is 0. The number of fused-ring (bicyclic) bond motifs is 15. The molecule has 1 spiro atoms. The van der Waals surface area contributed by atoms with Crippen LogP contribution in [0.4, 0.5) is 17.1 Å². The zero-order valence-electron chi connectivity index (χ0n) is 33.2. The molecule has 2 aliphatic carbocycles. The second-order valence-corrected chi connectivity index (χ2v) is 17.4. The van der Waals surface area contributed by atoms with Crippen molar-refractivity contribution in [2.45, 2.75) is 5.41 Å². The Kier molecular flexibility index (Phi) is 7.46. The van der Waals surface area contributed by atoms with Crippen LogP contribution in [0.1, 0.15) is 22.3 Å². The van der Waals surface area contributed by atoms with Crippen LogP contribution in [0.25, 0.3) is 75.5 Å². The molecule has 284 valence electrons. The first-order valence-electron chi connectivity index (χ1n) is 21.1. The molecule has 2 heteroatoms. The summed E-state index contributed by atoms with van der Waals surface area (Å²) < 4.78 is 2.68. The lowest BCUT2D eigenvalue weighted by Crippen LogP contribution is -2.26. The average molecular weight is 792 g/mol. The summed E-state index contributed by atoms with van der Waals surface area (Å²) in [7, 11) is 0. The molecular formula is C59H37NS. The summed E-state index contributed by atoms with van der Waals surface area (Å²) >= 11 is 1.89. The third kappa shape index (κ3) is 4.94. The average Bonchev–Trinajstić information content (AvgIpc) is 3.96. The first kappa shape index (κ1) is 34.4. The Morgan fingerprint density at radius 3 is 1.41 bits per heavy atom. The molecule has 0 atom stereocenters. The fourth-order valence-electron chi connectivity index (χ4n) is 10.7. The summed E-state index contributed by atoms with van der Waals surface area (Å²) in [5.41, 5.74) is 18.4. The van der Waals surface area contributed by atoms with E-state index in [1.54, 1.807) is 0 Å². The molecule has 0 unspecified atom stereocenters. The molecule has 61 heavy (non-hydrogen) atoms. The fourth-order valence-corrected chi connectivity index (χ4v) is 11.9. The molecule has 1 aromatic heterocycles. The van der Waals surface area contributed by atoms with Gasteiger partial charge in [0.15, 0.2) is 0 Å². The SMILES string of the molecule is c1ccc(-c2ccc(N(c3ccc(-c4cc5c6ccccc6sc5c5ccccc45)cc3)c3ccc4c(c3)C3(c5ccccc5-c5ccccc53)c3ccccc3-4)cc2)cc1. The van der Waals surface area contributed by atoms with Crippen LogP contribution < -0.4 is 4.90 Å². The van der Waals surface area contributed by atoms with Crippen molar-refractivity contribution >= 4 is 59.3 Å². The Labute approximate surface area is 359 Å². The highest BCUT2D eigenvalue weighted by atomic mass is 32.1. The standard InChI is InChI=1S/C59H37NS/c1-2-14-38(15-3-1)39-26-30-41(31-27-39)60(42-32-28-40(29-33-42)51-37-52-49-20-9-13-25-57(49)61-58(52)50-21-5-4-16-44(50)51)43-34-35-48-47-19-8-12-24-55(47)59(56(48)36-43)53-22-10-6-17-45(53)46-18-7-11-23-54(46)59/h1-37H. The zero-order valence-corrected chi connectivity index (χ0v) is 34.0. The lowest BCUT2D eigenvalue weighted by atomic mass is 9.70. The summed E-state index contributed by atoms with van der Waals surface area (Å²) in [6.45, 7) is 0. The van der Waals surface area contributed by atoms with E-state index in [9.17, 15) is 0 Å². The van der Waals surface area contributed by atoms with Crippen molar-refractivity contribution in [2.24, 2.45) is 0 Å². The summed E-state index contributed by atoms with van der Waals surface area (Å²) in [6, 6.07) is 83.4. The van der Waals surface area contributed by atoms with Gasteiger partial charge in [-0.15, -0.1) is 11.3 Å². The van der Waals surface area contributed by atoms with Gasteiger partial charge in [0.25, 0.3) is 0 Å². The first-order valence-corrected chi connectivity index (χ1v) is 21.9. The van der Waals surface area contributed by atoms with Gasteiger partial charge in [-0.1, -0.05) is 176 Å². The third-order valence-electron chi connectivity index (χ3n) is 13.3. The van der Waals surface area contributed by atoms with Gasteiger partial charge in [0.05, 0.1) is 5.41 Å². The predicted octanol–water partition coefficient (Wildman–Crippen LogP) is 16.4. The highest BCUT2D eigenvalue weighted by Gasteiger charge is 2.51. The molecule has 0 N–H and O–H groups in total. The second kappa shape index (κ2) is 13.2. The second-order valence-electron chi connectivity index (χ2n) is 16.4. The molecule has 1 nitrogen and oxygen atoms in total. The molecule has 0 amide bonds. The van der Waals surface area contributed by atoms with Crippen LogP contribution in [0.2, 0.25) is 0 Å². The van der Waals surface area contributed by atoms with E-state index < -0.39 is 5.41 Å². The van der Waals surface area contributed by atoms with Crippen LogP contribution in [0.3, 0.4) is 0 Å². The van der Waals surface area contributed by atoms with E-state index in [0.29, 0.717) is 0 Å². The van der Waals surface area contributed by atoms with Crippen LogP contribution in [0.15, 0.2) is 224 Å². The number of nitrogens with zero attached hydrogens (tertiary/aromatic N) is 1. The molecule has 0 aliphatic heterocycles. The minimum Gasteiger partial charge on any atom is -0.310 e. The molecule has 13 rings (SSSR count). The molecule has 0 saturated carbocycles. The summed E-state index contributed by atoms with van der Waals surface area (Å²) in [5, 5.41) is 5.23. The van der Waals surface area contributed by atoms with Crippen LogP contribution in [0, 0.1) is 0 Å². The largest absolute Gasteiger partial charge is 0.310 e. The number of hydrogen-bond acceptors (Lipinski definition) is 2. The monoisotopic (exact) mass is 791 g/mol. The molecule has 0 fully saturated rings. The van der Waals surface area contributed by atoms with E-state index in [4.69, 9.17) is 0 Å². The number of hydrogen-bond donors (Lipinski definition) is 0. The van der Waals surface area contributed by atoms with Crippen LogP contribution >= 0.6 is 11.3 Å². The van der Waals surface area contributed by atoms with Crippen molar-refractivity contribution in [3.63, 3.8) is 0 Å². The minimum atomic E-state index is -0.423. The van der Waals surface area contributed by atoms with Gasteiger partial charge < -0.3 is 4.90 Å². The van der Waals surface area contributed by atoms with Crippen molar-refractivity contribution in [2.75, 3.05) is 4.90 Å². The number of rotatable bonds is 5. The Morgan fingerprint density at radius 2 is 0.770 bits per heavy atom. The molecule has 1 heterocycles. The van der Waals surface area contributed by atoms with Gasteiger partial charge >= 0.3 is 0 Å². The molecule has 0 bridgehead atoms. The van der Waals surface area contributed by atoms with Crippen molar-refractivity contribution in [1.82, 2.24) is 0 Å². The van der Waals surface area contributed by atoms with Gasteiger partial charge in [0.2, 0.25) is 0 Å². The Bertz CT molecular complexity index is 3460. The molecular weight excluding hydrogens is 755 g/mol. The molecule has 11 aromatic rings. The minimum absolute atomic E-state index is 0.423. The van der Waals surface area contributed by atoms with Crippen LogP contribution in [-0.4, -0.2) is 0 Å². The number of benzene rings is 10. The van der Waals surface area contributed by atoms with Crippen LogP contribution in [-0.2, 0) is 5.41 Å². The van der Waals surface area contributed by atoms with Crippen molar-refractivity contribution < 1.29 is 0 Å². The summed E-state index contributed by atoms with van der Waals surface area (Å²) in [6.07, 6.45) is 0. The maximum atomic E-state index is 2.48. The normalized spacial score (nSPS) is 13.0. The van der Waals surface area contributed by atoms with Crippen molar-refractivity contribution in [1.29, 1.82) is 0 Å². The number of thiophene rings is 1. The van der Waals surface area contributed by atoms with Crippen molar-refractivity contribution in [3.05, 3.63) is 247 Å². The van der Waals surface area contributed by atoms with Gasteiger partial charge in [-0.3, -0.25) is 0 Å². The lowest BCUT2D eigenvalue weighted by Gasteiger charge is -2.32. The van der Waals surface area contributed by atoms with Crippen molar-refractivity contribution in [3.8, 4) is 44.5 Å². The highest BCUT2D eigenvalue weighted by Crippen LogP contribution is 2.63. The van der Waals surface area contributed by atoms with E-state index in [1.807, 2.05) is 11.3 Å². The maximum absolute atomic E-state index is 2.48. The van der Waals surface area contributed by atoms with Crippen LogP contribution in [0.5, 0.6) is 0 Å². The highest BCUT2D eigenvalue weighted by molar-refractivity contribution is 7.26. The van der Waals surface area contributed by atoms with E-state index in [0.717, 1.165) is 17.1 Å². The molecule has 0 saturated heterocycles. The first-order chi connectivity index (χ1) is 30.3. The third-order valence-corrected chi connectivity index (χ3v) is 14.5. The van der Waals surface area contributed by atoms with Gasteiger partial charge in [-0.25, -0.2) is 0 Å². The van der Waals surface area contributed by atoms with E-state index >= 15 is 0 Å². The summed E-state index contributed by atoms with van der Waals surface area (Å²) in [4.78, 5) is 2.44. The molecule has 10 aromatic carbocycles. The quantitative estimate of drug-likeness (QED) is 0.168. The maximum Gasteiger partial charge on any atom is 0.0726 e. The van der Waals surface area contributed by atoms with Gasteiger partial charge in [-0.2, -0.15) is 0 Å². The lowest BCUT2D eigenvalue weighted by molar-refractivity contribution is 0.793. The van der Waals surface area contributed by atoms with Gasteiger partial charge in [0, 0.05) is 42.6 Å². The predicted molar refractivity (Wildman–Crippen MR) is 259 cm³/mol. The smallest absolute Gasteiger partial charge is 0.0726 e. The van der Waals surface area contributed by atoms with Gasteiger partial charge in [0.1, 0.15) is 0 Å². The van der Waals surface area contributed by atoms with E-state index in [-0.39, 0.29) is 0 Å². The van der Waals surface area contributed by atoms with E-state index in [2.05, 4.69) is 229 Å². The Balaban J connectivity index is 1.01. The zero-order chi connectivity index (χ0) is 40.1. The van der Waals surface area contributed by atoms with Gasteiger partial charge in [-0.05, 0) is 121 Å². The Morgan fingerprint density at radius 1 is 0.295 bits per heavy atom. The molecule has 2 aliphatic rings.